The second-order valence-electron chi connectivity index (χ2n) is 4.47. The minimum absolute atomic E-state index is 0.0734. The summed E-state index contributed by atoms with van der Waals surface area (Å²) in [7, 11) is 0. The number of amides is 1. The predicted molar refractivity (Wildman–Crippen MR) is 83.4 cm³/mol. The van der Waals surface area contributed by atoms with Crippen LogP contribution in [0, 0.1) is 0 Å². The molecule has 0 saturated heterocycles. The molecule has 2 aromatic rings. The van der Waals surface area contributed by atoms with E-state index >= 15 is 0 Å². The number of halogens is 1. The van der Waals surface area contributed by atoms with E-state index in [0.717, 1.165) is 4.47 Å². The summed E-state index contributed by atoms with van der Waals surface area (Å²) < 4.78 is 11.2. The van der Waals surface area contributed by atoms with Crippen LogP contribution in [-0.4, -0.2) is 24.0 Å². The lowest BCUT2D eigenvalue weighted by atomic mass is 10.2. The fourth-order valence-corrected chi connectivity index (χ4v) is 2.27. The molecule has 0 aromatic heterocycles. The van der Waals surface area contributed by atoms with E-state index in [2.05, 4.69) is 26.5 Å². The molecule has 0 fully saturated rings. The first-order chi connectivity index (χ1) is 10.6. The molecule has 0 saturated carbocycles. The van der Waals surface area contributed by atoms with Crippen LogP contribution in [-0.2, 0) is 0 Å². The monoisotopic (exact) mass is 362 g/mol. The molecule has 22 heavy (non-hydrogen) atoms. The second kappa shape index (κ2) is 6.07. The molecule has 0 radical (unpaired) electrons. The number of nitrogens with zero attached hydrogens (tertiary/aromatic N) is 1. The van der Waals surface area contributed by atoms with Gasteiger partial charge >= 0.3 is 0 Å². The van der Waals surface area contributed by atoms with Gasteiger partial charge in [0.05, 0.1) is 6.21 Å². The molecule has 112 valence electrons. The van der Waals surface area contributed by atoms with Gasteiger partial charge in [0.15, 0.2) is 11.5 Å². The third-order valence-electron chi connectivity index (χ3n) is 2.99. The van der Waals surface area contributed by atoms with Crippen molar-refractivity contribution in [1.29, 1.82) is 0 Å². The Morgan fingerprint density at radius 2 is 2.05 bits per heavy atom. The Morgan fingerprint density at radius 3 is 2.91 bits per heavy atom. The number of fused-ring (bicyclic) bond motifs is 1. The maximum atomic E-state index is 12.0. The molecule has 1 heterocycles. The van der Waals surface area contributed by atoms with Crippen molar-refractivity contribution in [1.82, 2.24) is 5.43 Å². The lowest BCUT2D eigenvalue weighted by Crippen LogP contribution is -2.17. The zero-order chi connectivity index (χ0) is 15.5. The average molecular weight is 363 g/mol. The number of phenols is 1. The van der Waals surface area contributed by atoms with Crippen molar-refractivity contribution < 1.29 is 19.4 Å². The molecule has 2 N–H and O–H groups in total. The summed E-state index contributed by atoms with van der Waals surface area (Å²) in [6, 6.07) is 9.80. The average Bonchev–Trinajstić information content (AvgIpc) is 2.98. The van der Waals surface area contributed by atoms with E-state index in [4.69, 9.17) is 9.47 Å². The van der Waals surface area contributed by atoms with Gasteiger partial charge in [-0.15, -0.1) is 0 Å². The van der Waals surface area contributed by atoms with Crippen LogP contribution in [0.1, 0.15) is 15.9 Å². The first kappa shape index (κ1) is 14.4. The highest BCUT2D eigenvalue weighted by Crippen LogP contribution is 2.32. The van der Waals surface area contributed by atoms with Crippen LogP contribution in [0.5, 0.6) is 17.2 Å². The highest BCUT2D eigenvalue weighted by Gasteiger charge is 2.15. The minimum atomic E-state index is -0.385. The van der Waals surface area contributed by atoms with Crippen LogP contribution in [0.25, 0.3) is 0 Å². The number of carbonyl (C=O) groups is 1. The van der Waals surface area contributed by atoms with Crippen LogP contribution in [0.15, 0.2) is 46.0 Å². The third-order valence-corrected chi connectivity index (χ3v) is 3.49. The fraction of sp³-hybridized carbons (Fsp3) is 0.0667. The summed E-state index contributed by atoms with van der Waals surface area (Å²) in [5.74, 6) is 0.827. The quantitative estimate of drug-likeness (QED) is 0.649. The maximum Gasteiger partial charge on any atom is 0.271 e. The SMILES string of the molecule is O=C(N/N=C\c1cc(Br)ccc1O)c1ccc2c(c1)OCO2. The molecule has 0 unspecified atom stereocenters. The summed E-state index contributed by atoms with van der Waals surface area (Å²) in [5.41, 5.74) is 3.28. The number of aromatic hydroxyl groups is 1. The number of rotatable bonds is 3. The van der Waals surface area contributed by atoms with E-state index in [0.29, 0.717) is 22.6 Å². The molecular weight excluding hydrogens is 352 g/mol. The molecule has 2 aromatic carbocycles. The van der Waals surface area contributed by atoms with E-state index in [1.54, 1.807) is 30.3 Å². The number of ether oxygens (including phenoxy) is 2. The first-order valence-corrected chi connectivity index (χ1v) is 7.14. The second-order valence-corrected chi connectivity index (χ2v) is 5.39. The number of benzene rings is 2. The Labute approximate surface area is 134 Å². The van der Waals surface area contributed by atoms with E-state index in [1.165, 1.54) is 12.3 Å². The van der Waals surface area contributed by atoms with Crippen molar-refractivity contribution in [3.05, 3.63) is 52.0 Å². The van der Waals surface area contributed by atoms with Crippen LogP contribution in [0.3, 0.4) is 0 Å². The van der Waals surface area contributed by atoms with Crippen molar-refractivity contribution in [2.24, 2.45) is 5.10 Å². The van der Waals surface area contributed by atoms with Gasteiger partial charge in [0.2, 0.25) is 6.79 Å². The lowest BCUT2D eigenvalue weighted by molar-refractivity contribution is 0.0954. The lowest BCUT2D eigenvalue weighted by Gasteiger charge is -2.02. The minimum Gasteiger partial charge on any atom is -0.507 e. The Morgan fingerprint density at radius 1 is 1.23 bits per heavy atom. The Balaban J connectivity index is 1.69. The summed E-state index contributed by atoms with van der Waals surface area (Å²) in [5, 5.41) is 13.5. The topological polar surface area (TPSA) is 80.2 Å². The molecule has 1 aliphatic rings. The third kappa shape index (κ3) is 3.04. The van der Waals surface area contributed by atoms with E-state index in [9.17, 15) is 9.90 Å². The summed E-state index contributed by atoms with van der Waals surface area (Å²) in [4.78, 5) is 12.0. The number of hydrogen-bond acceptors (Lipinski definition) is 5. The molecule has 1 aliphatic heterocycles. The summed E-state index contributed by atoms with van der Waals surface area (Å²) >= 11 is 3.30. The van der Waals surface area contributed by atoms with Crippen LogP contribution >= 0.6 is 15.9 Å². The molecule has 1 amide bonds. The number of carbonyl (C=O) groups excluding carboxylic acids is 1. The molecule has 0 atom stereocenters. The molecule has 0 aliphatic carbocycles. The van der Waals surface area contributed by atoms with Crippen molar-refractivity contribution >= 4 is 28.1 Å². The van der Waals surface area contributed by atoms with Crippen molar-refractivity contribution in [2.75, 3.05) is 6.79 Å². The van der Waals surface area contributed by atoms with Gasteiger partial charge in [-0.05, 0) is 36.4 Å². The van der Waals surface area contributed by atoms with Gasteiger partial charge in [-0.25, -0.2) is 5.43 Å². The van der Waals surface area contributed by atoms with Crippen LogP contribution in [0.4, 0.5) is 0 Å². The van der Waals surface area contributed by atoms with Crippen LogP contribution < -0.4 is 14.9 Å². The van der Waals surface area contributed by atoms with Gasteiger partial charge in [-0.3, -0.25) is 4.79 Å². The number of hydrogen-bond donors (Lipinski definition) is 2. The zero-order valence-corrected chi connectivity index (χ0v) is 12.8. The van der Waals surface area contributed by atoms with Gasteiger partial charge in [-0.2, -0.15) is 5.10 Å². The normalized spacial score (nSPS) is 12.6. The van der Waals surface area contributed by atoms with Gasteiger partial charge in [-0.1, -0.05) is 15.9 Å². The van der Waals surface area contributed by atoms with Gasteiger partial charge in [0.25, 0.3) is 5.91 Å². The van der Waals surface area contributed by atoms with Crippen LogP contribution in [0.2, 0.25) is 0 Å². The van der Waals surface area contributed by atoms with Crippen molar-refractivity contribution in [2.45, 2.75) is 0 Å². The molecule has 6 nitrogen and oxygen atoms in total. The standard InChI is InChI=1S/C15H11BrN2O4/c16-11-2-3-12(19)10(5-11)7-17-18-15(20)9-1-4-13-14(6-9)22-8-21-13/h1-7,19H,8H2,(H,18,20)/b17-7-. The highest BCUT2D eigenvalue weighted by molar-refractivity contribution is 9.10. The van der Waals surface area contributed by atoms with Gasteiger partial charge in [0.1, 0.15) is 5.75 Å². The van der Waals surface area contributed by atoms with Gasteiger partial charge in [0, 0.05) is 15.6 Å². The van der Waals surface area contributed by atoms with Crippen molar-refractivity contribution in [3.8, 4) is 17.2 Å². The van der Waals surface area contributed by atoms with E-state index in [1.807, 2.05) is 0 Å². The van der Waals surface area contributed by atoms with E-state index < -0.39 is 0 Å². The maximum absolute atomic E-state index is 12.0. The molecule has 0 spiro atoms. The highest BCUT2D eigenvalue weighted by atomic mass is 79.9. The smallest absolute Gasteiger partial charge is 0.271 e. The molecular formula is C15H11BrN2O4. The predicted octanol–water partition coefficient (Wildman–Crippen LogP) is 2.65. The summed E-state index contributed by atoms with van der Waals surface area (Å²) in [6.07, 6.45) is 1.37. The molecule has 7 heteroatoms. The van der Waals surface area contributed by atoms with E-state index in [-0.39, 0.29) is 18.4 Å². The number of nitrogens with one attached hydrogen (secondary N) is 1. The number of phenolic OH excluding ortho intramolecular Hbond substituents is 1. The molecule has 3 rings (SSSR count). The largest absolute Gasteiger partial charge is 0.507 e. The Kier molecular flexibility index (Phi) is 3.97. The molecule has 0 bridgehead atoms. The van der Waals surface area contributed by atoms with Gasteiger partial charge < -0.3 is 14.6 Å². The first-order valence-electron chi connectivity index (χ1n) is 6.35. The van der Waals surface area contributed by atoms with Crippen molar-refractivity contribution in [3.63, 3.8) is 0 Å². The number of hydrazone groups is 1. The summed E-state index contributed by atoms with van der Waals surface area (Å²) in [6.45, 7) is 0.153. The zero-order valence-electron chi connectivity index (χ0n) is 11.2. The fourth-order valence-electron chi connectivity index (χ4n) is 1.89. The Hall–Kier alpha value is -2.54. The Bertz CT molecular complexity index is 761.